The van der Waals surface area contributed by atoms with Crippen molar-refractivity contribution in [1.29, 1.82) is 0 Å². The molecule has 2 aliphatic rings. The quantitative estimate of drug-likeness (QED) is 0.852. The number of rotatable bonds is 2. The molecule has 1 aromatic carbocycles. The molecule has 0 radical (unpaired) electrons. The van der Waals surface area contributed by atoms with Gasteiger partial charge in [0.25, 0.3) is 0 Å². The fraction of sp³-hybridized carbons (Fsp3) is 0.538. The number of nitrogens with zero attached hydrogens (tertiary/aromatic N) is 1. The fourth-order valence-electron chi connectivity index (χ4n) is 2.76. The molecule has 0 aromatic heterocycles. The Labute approximate surface area is 110 Å². The number of benzene rings is 1. The van der Waals surface area contributed by atoms with Gasteiger partial charge >= 0.3 is 0 Å². The summed E-state index contributed by atoms with van der Waals surface area (Å²) in [6, 6.07) is 6.05. The predicted molar refractivity (Wildman–Crippen MR) is 71.7 cm³/mol. The first-order valence-corrected chi connectivity index (χ1v) is 6.92. The molecule has 2 saturated heterocycles. The zero-order valence-electron chi connectivity index (χ0n) is 9.73. The second-order valence-electron chi connectivity index (χ2n) is 5.00. The highest BCUT2D eigenvalue weighted by molar-refractivity contribution is 9.10. The second kappa shape index (κ2) is 4.59. The third kappa shape index (κ3) is 2.49. The number of fused-ring (bicyclic) bond motifs is 2. The Kier molecular flexibility index (Phi) is 3.11. The number of nitrogens with two attached hydrogens (primary N) is 1. The van der Waals surface area contributed by atoms with Crippen LogP contribution in [-0.4, -0.2) is 30.2 Å². The molecule has 4 heteroatoms. The number of likely N-dealkylation sites (tertiary alicyclic amines) is 1. The molecule has 0 amide bonds. The Bertz CT molecular complexity index is 412. The number of hydrogen-bond acceptors (Lipinski definition) is 3. The van der Waals surface area contributed by atoms with Crippen LogP contribution in [0.15, 0.2) is 22.7 Å². The number of hydrogen-bond donors (Lipinski definition) is 1. The number of ether oxygens (including phenoxy) is 1. The molecule has 0 saturated carbocycles. The van der Waals surface area contributed by atoms with E-state index in [2.05, 4.69) is 26.9 Å². The van der Waals surface area contributed by atoms with Crippen molar-refractivity contribution in [3.63, 3.8) is 0 Å². The predicted octanol–water partition coefficient (Wildman–Crippen LogP) is 2.39. The number of morpholine rings is 1. The van der Waals surface area contributed by atoms with Gasteiger partial charge in [-0.25, -0.2) is 0 Å². The van der Waals surface area contributed by atoms with Crippen LogP contribution in [0.2, 0.25) is 0 Å². The summed E-state index contributed by atoms with van der Waals surface area (Å²) in [5.74, 6) is 0. The van der Waals surface area contributed by atoms with Crippen LogP contribution in [0.5, 0.6) is 0 Å². The highest BCUT2D eigenvalue weighted by Crippen LogP contribution is 2.28. The number of nitrogen functional groups attached to an aromatic ring is 1. The molecular weight excluding hydrogens is 280 g/mol. The van der Waals surface area contributed by atoms with E-state index in [-0.39, 0.29) is 0 Å². The van der Waals surface area contributed by atoms with Crippen LogP contribution in [0.1, 0.15) is 18.4 Å². The van der Waals surface area contributed by atoms with Gasteiger partial charge in [-0.3, -0.25) is 4.90 Å². The van der Waals surface area contributed by atoms with Crippen molar-refractivity contribution < 1.29 is 4.74 Å². The Balaban J connectivity index is 1.70. The van der Waals surface area contributed by atoms with Crippen LogP contribution in [0.25, 0.3) is 0 Å². The largest absolute Gasteiger partial charge is 0.399 e. The maximum absolute atomic E-state index is 5.84. The van der Waals surface area contributed by atoms with Crippen molar-refractivity contribution in [3.05, 3.63) is 28.2 Å². The highest BCUT2D eigenvalue weighted by Gasteiger charge is 2.33. The molecule has 3 nitrogen and oxygen atoms in total. The molecular formula is C13H17BrN2O. The Morgan fingerprint density at radius 1 is 1.29 bits per heavy atom. The minimum Gasteiger partial charge on any atom is -0.399 e. The van der Waals surface area contributed by atoms with Gasteiger partial charge in [0.1, 0.15) is 0 Å². The summed E-state index contributed by atoms with van der Waals surface area (Å²) >= 11 is 3.58. The molecule has 1 aromatic rings. The Hall–Kier alpha value is -0.580. The summed E-state index contributed by atoms with van der Waals surface area (Å²) in [5.41, 5.74) is 7.87. The SMILES string of the molecule is Nc1ccc(CN2CC3CCC(C2)O3)c(Br)c1. The smallest absolute Gasteiger partial charge is 0.0707 e. The van der Waals surface area contributed by atoms with Crippen molar-refractivity contribution in [3.8, 4) is 0 Å². The molecule has 0 spiro atoms. The van der Waals surface area contributed by atoms with Crippen LogP contribution in [0.4, 0.5) is 5.69 Å². The lowest BCUT2D eigenvalue weighted by atomic mass is 10.2. The molecule has 2 heterocycles. The summed E-state index contributed by atoms with van der Waals surface area (Å²) in [5, 5.41) is 0. The number of anilines is 1. The zero-order chi connectivity index (χ0) is 11.8. The molecule has 0 aliphatic carbocycles. The third-order valence-corrected chi connectivity index (χ3v) is 4.33. The van der Waals surface area contributed by atoms with Gasteiger partial charge in [0.2, 0.25) is 0 Å². The Morgan fingerprint density at radius 3 is 2.65 bits per heavy atom. The van der Waals surface area contributed by atoms with Crippen LogP contribution in [-0.2, 0) is 11.3 Å². The van der Waals surface area contributed by atoms with E-state index in [1.807, 2.05) is 12.1 Å². The van der Waals surface area contributed by atoms with Crippen molar-refractivity contribution in [2.75, 3.05) is 18.8 Å². The molecule has 2 N–H and O–H groups in total. The van der Waals surface area contributed by atoms with Crippen LogP contribution in [0, 0.1) is 0 Å². The van der Waals surface area contributed by atoms with Gasteiger partial charge in [0.15, 0.2) is 0 Å². The molecule has 92 valence electrons. The molecule has 2 bridgehead atoms. The van der Waals surface area contributed by atoms with E-state index in [0.717, 1.165) is 29.8 Å². The van der Waals surface area contributed by atoms with Gasteiger partial charge < -0.3 is 10.5 Å². The first kappa shape index (κ1) is 11.5. The van der Waals surface area contributed by atoms with E-state index in [1.54, 1.807) is 0 Å². The minimum absolute atomic E-state index is 0.460. The van der Waals surface area contributed by atoms with E-state index in [9.17, 15) is 0 Å². The summed E-state index contributed by atoms with van der Waals surface area (Å²) in [4.78, 5) is 2.49. The maximum Gasteiger partial charge on any atom is 0.0707 e. The van der Waals surface area contributed by atoms with Gasteiger partial charge in [-0.05, 0) is 30.5 Å². The lowest BCUT2D eigenvalue weighted by Gasteiger charge is -2.32. The normalized spacial score (nSPS) is 28.5. The van der Waals surface area contributed by atoms with E-state index in [4.69, 9.17) is 10.5 Å². The zero-order valence-corrected chi connectivity index (χ0v) is 11.3. The van der Waals surface area contributed by atoms with E-state index in [1.165, 1.54) is 18.4 Å². The van der Waals surface area contributed by atoms with Gasteiger partial charge in [-0.2, -0.15) is 0 Å². The van der Waals surface area contributed by atoms with Crippen molar-refractivity contribution in [1.82, 2.24) is 4.90 Å². The molecule has 2 fully saturated rings. The fourth-order valence-corrected chi connectivity index (χ4v) is 3.28. The van der Waals surface area contributed by atoms with Crippen LogP contribution >= 0.6 is 15.9 Å². The molecule has 3 rings (SSSR count). The molecule has 2 aliphatic heterocycles. The van der Waals surface area contributed by atoms with Crippen molar-refractivity contribution in [2.24, 2.45) is 0 Å². The summed E-state index contributed by atoms with van der Waals surface area (Å²) in [6.45, 7) is 3.11. The molecule has 2 atom stereocenters. The summed E-state index contributed by atoms with van der Waals surface area (Å²) in [7, 11) is 0. The van der Waals surface area contributed by atoms with Crippen molar-refractivity contribution >= 4 is 21.6 Å². The summed E-state index contributed by atoms with van der Waals surface area (Å²) in [6.07, 6.45) is 3.37. The van der Waals surface area contributed by atoms with Gasteiger partial charge in [0.05, 0.1) is 12.2 Å². The van der Waals surface area contributed by atoms with Crippen molar-refractivity contribution in [2.45, 2.75) is 31.6 Å². The third-order valence-electron chi connectivity index (χ3n) is 3.59. The van der Waals surface area contributed by atoms with Gasteiger partial charge in [-0.1, -0.05) is 22.0 Å². The average molecular weight is 297 g/mol. The Morgan fingerprint density at radius 2 is 2.00 bits per heavy atom. The van der Waals surface area contributed by atoms with Crippen LogP contribution < -0.4 is 5.73 Å². The summed E-state index contributed by atoms with van der Waals surface area (Å²) < 4.78 is 6.95. The standard InChI is InChI=1S/C13H17BrN2O/c14-13-5-10(15)2-1-9(13)6-16-7-11-3-4-12(8-16)17-11/h1-2,5,11-12H,3-4,6-8,15H2. The highest BCUT2D eigenvalue weighted by atomic mass is 79.9. The minimum atomic E-state index is 0.460. The first-order chi connectivity index (χ1) is 8.20. The maximum atomic E-state index is 5.84. The van der Waals surface area contributed by atoms with E-state index < -0.39 is 0 Å². The molecule has 17 heavy (non-hydrogen) atoms. The average Bonchev–Trinajstić information content (AvgIpc) is 2.62. The topological polar surface area (TPSA) is 38.5 Å². The first-order valence-electron chi connectivity index (χ1n) is 6.12. The lowest BCUT2D eigenvalue weighted by Crippen LogP contribution is -2.42. The number of halogens is 1. The second-order valence-corrected chi connectivity index (χ2v) is 5.86. The van der Waals surface area contributed by atoms with Gasteiger partial charge in [-0.15, -0.1) is 0 Å². The van der Waals surface area contributed by atoms with Crippen LogP contribution in [0.3, 0.4) is 0 Å². The molecule has 2 unspecified atom stereocenters. The lowest BCUT2D eigenvalue weighted by molar-refractivity contribution is -0.0411. The van der Waals surface area contributed by atoms with E-state index >= 15 is 0 Å². The van der Waals surface area contributed by atoms with Gasteiger partial charge in [0, 0.05) is 29.8 Å². The van der Waals surface area contributed by atoms with E-state index in [0.29, 0.717) is 12.2 Å². The monoisotopic (exact) mass is 296 g/mol.